The molecule has 0 atom stereocenters. The number of rotatable bonds is 5. The van der Waals surface area contributed by atoms with E-state index < -0.39 is 18.4 Å². The quantitative estimate of drug-likeness (QED) is 0.346. The maximum absolute atomic E-state index is 11.7. The number of carbonyl (C=O) groups is 2. The van der Waals surface area contributed by atoms with Crippen molar-refractivity contribution < 1.29 is 19.8 Å². The fraction of sp³-hybridized carbons (Fsp3) is 0.0833. The summed E-state index contributed by atoms with van der Waals surface area (Å²) in [5.74, 6) is -2.00. The molecule has 98 valence electrons. The van der Waals surface area contributed by atoms with Crippen molar-refractivity contribution in [1.29, 1.82) is 5.26 Å². The first-order chi connectivity index (χ1) is 9.04. The van der Waals surface area contributed by atoms with Crippen molar-refractivity contribution in [2.24, 2.45) is 0 Å². The number of aromatic hydroxyl groups is 1. The van der Waals surface area contributed by atoms with E-state index in [9.17, 15) is 14.7 Å². The van der Waals surface area contributed by atoms with Crippen molar-refractivity contribution >= 4 is 17.6 Å². The van der Waals surface area contributed by atoms with Crippen LogP contribution in [0.25, 0.3) is 0 Å². The minimum atomic E-state index is -1.12. The highest BCUT2D eigenvalue weighted by molar-refractivity contribution is 6.07. The molecule has 0 spiro atoms. The number of nitrogens with one attached hydrogen (secondary N) is 2. The number of benzene rings is 1. The summed E-state index contributed by atoms with van der Waals surface area (Å²) in [5.41, 5.74) is -0.142. The lowest BCUT2D eigenvalue weighted by Crippen LogP contribution is -2.20. The molecular formula is C12H11N3O4. The Morgan fingerprint density at radius 2 is 2.05 bits per heavy atom. The third-order valence-corrected chi connectivity index (χ3v) is 2.02. The van der Waals surface area contributed by atoms with Crippen LogP contribution in [0.2, 0.25) is 0 Å². The topological polar surface area (TPSA) is 122 Å². The number of nitriles is 1. The van der Waals surface area contributed by atoms with E-state index in [1.165, 1.54) is 12.1 Å². The number of amides is 1. The van der Waals surface area contributed by atoms with Crippen LogP contribution in [-0.4, -0.2) is 28.6 Å². The van der Waals surface area contributed by atoms with Crippen molar-refractivity contribution in [1.82, 2.24) is 5.32 Å². The lowest BCUT2D eigenvalue weighted by atomic mass is 10.2. The fourth-order valence-electron chi connectivity index (χ4n) is 1.16. The first-order valence-corrected chi connectivity index (χ1v) is 5.19. The van der Waals surface area contributed by atoms with Gasteiger partial charge in [0.2, 0.25) is 0 Å². The molecule has 0 fully saturated rings. The molecule has 0 saturated heterocycles. The Morgan fingerprint density at radius 3 is 2.63 bits per heavy atom. The Labute approximate surface area is 108 Å². The van der Waals surface area contributed by atoms with Crippen molar-refractivity contribution in [2.75, 3.05) is 11.9 Å². The maximum Gasteiger partial charge on any atom is 0.322 e. The number of hydrogen-bond acceptors (Lipinski definition) is 5. The van der Waals surface area contributed by atoms with E-state index in [0.717, 1.165) is 6.20 Å². The maximum atomic E-state index is 11.7. The zero-order valence-corrected chi connectivity index (χ0v) is 9.75. The number of hydrogen-bond donors (Lipinski definition) is 4. The molecule has 1 amide bonds. The summed E-state index contributed by atoms with van der Waals surface area (Å²) in [7, 11) is 0. The average molecular weight is 261 g/mol. The second kappa shape index (κ2) is 6.66. The second-order valence-electron chi connectivity index (χ2n) is 3.42. The van der Waals surface area contributed by atoms with Gasteiger partial charge in [-0.05, 0) is 12.1 Å². The number of carboxylic acid groups (broad SMARTS) is 1. The molecule has 0 aliphatic heterocycles. The zero-order chi connectivity index (χ0) is 14.3. The highest BCUT2D eigenvalue weighted by Crippen LogP contribution is 2.21. The molecule has 0 aromatic heterocycles. The number of para-hydroxylation sites is 2. The average Bonchev–Trinajstić information content (AvgIpc) is 2.37. The summed E-state index contributed by atoms with van der Waals surface area (Å²) >= 11 is 0. The molecule has 19 heavy (non-hydrogen) atoms. The van der Waals surface area contributed by atoms with Crippen molar-refractivity contribution in [2.45, 2.75) is 0 Å². The highest BCUT2D eigenvalue weighted by Gasteiger charge is 2.11. The van der Waals surface area contributed by atoms with Crippen LogP contribution < -0.4 is 10.6 Å². The van der Waals surface area contributed by atoms with E-state index in [-0.39, 0.29) is 17.0 Å². The van der Waals surface area contributed by atoms with Crippen molar-refractivity contribution in [3.63, 3.8) is 0 Å². The number of nitrogens with zero attached hydrogens (tertiary/aromatic N) is 1. The molecule has 1 aromatic carbocycles. The van der Waals surface area contributed by atoms with Gasteiger partial charge in [0.05, 0.1) is 5.69 Å². The molecule has 1 rings (SSSR count). The summed E-state index contributed by atoms with van der Waals surface area (Å²) in [6.07, 6.45) is 1.00. The summed E-state index contributed by atoms with van der Waals surface area (Å²) in [6.45, 7) is -0.408. The fourth-order valence-corrected chi connectivity index (χ4v) is 1.16. The zero-order valence-electron chi connectivity index (χ0n) is 9.75. The van der Waals surface area contributed by atoms with E-state index in [2.05, 4.69) is 10.6 Å². The van der Waals surface area contributed by atoms with Gasteiger partial charge in [-0.15, -0.1) is 0 Å². The third-order valence-electron chi connectivity index (χ3n) is 2.02. The molecule has 0 heterocycles. The molecular weight excluding hydrogens is 250 g/mol. The Hall–Kier alpha value is -3.01. The molecule has 0 saturated carbocycles. The summed E-state index contributed by atoms with van der Waals surface area (Å²) in [5, 5.41) is 31.3. The lowest BCUT2D eigenvalue weighted by molar-refractivity contribution is -0.135. The minimum absolute atomic E-state index is 0.133. The molecule has 4 N–H and O–H groups in total. The van der Waals surface area contributed by atoms with Crippen LogP contribution in [0.5, 0.6) is 5.75 Å². The van der Waals surface area contributed by atoms with Crippen LogP contribution in [0.15, 0.2) is 36.0 Å². The number of aliphatic carboxylic acids is 1. The van der Waals surface area contributed by atoms with Gasteiger partial charge < -0.3 is 20.8 Å². The summed E-state index contributed by atoms with van der Waals surface area (Å²) in [4.78, 5) is 21.9. The Morgan fingerprint density at radius 1 is 1.37 bits per heavy atom. The molecule has 1 aromatic rings. The van der Waals surface area contributed by atoms with E-state index >= 15 is 0 Å². The largest absolute Gasteiger partial charge is 0.506 e. The van der Waals surface area contributed by atoms with Gasteiger partial charge in [0, 0.05) is 6.20 Å². The Bertz CT molecular complexity index is 560. The van der Waals surface area contributed by atoms with E-state index in [1.54, 1.807) is 18.2 Å². The summed E-state index contributed by atoms with van der Waals surface area (Å²) in [6, 6.07) is 7.66. The number of carboxylic acids is 1. The lowest BCUT2D eigenvalue weighted by Gasteiger charge is -2.06. The molecule has 0 unspecified atom stereocenters. The van der Waals surface area contributed by atoms with Crippen molar-refractivity contribution in [3.05, 3.63) is 36.0 Å². The normalized spacial score (nSPS) is 10.4. The van der Waals surface area contributed by atoms with Gasteiger partial charge in [-0.1, -0.05) is 12.1 Å². The first-order valence-electron chi connectivity index (χ1n) is 5.19. The Kier molecular flexibility index (Phi) is 4.93. The van der Waals surface area contributed by atoms with Crippen molar-refractivity contribution in [3.8, 4) is 11.8 Å². The van der Waals surface area contributed by atoms with Crippen LogP contribution in [0.1, 0.15) is 0 Å². The van der Waals surface area contributed by atoms with E-state index in [4.69, 9.17) is 10.4 Å². The van der Waals surface area contributed by atoms with Gasteiger partial charge in [-0.2, -0.15) is 5.26 Å². The highest BCUT2D eigenvalue weighted by atomic mass is 16.4. The van der Waals surface area contributed by atoms with Crippen LogP contribution in [0.4, 0.5) is 5.69 Å². The molecule has 0 bridgehead atoms. The molecule has 7 nitrogen and oxygen atoms in total. The van der Waals surface area contributed by atoms with Crippen LogP contribution in [0.3, 0.4) is 0 Å². The predicted molar refractivity (Wildman–Crippen MR) is 66.1 cm³/mol. The van der Waals surface area contributed by atoms with Gasteiger partial charge in [0.15, 0.2) is 0 Å². The first kappa shape index (κ1) is 14.1. The van der Waals surface area contributed by atoms with Gasteiger partial charge >= 0.3 is 5.97 Å². The second-order valence-corrected chi connectivity index (χ2v) is 3.42. The van der Waals surface area contributed by atoms with Crippen LogP contribution in [0, 0.1) is 11.3 Å². The van der Waals surface area contributed by atoms with E-state index in [1.807, 2.05) is 0 Å². The van der Waals surface area contributed by atoms with Gasteiger partial charge in [0.25, 0.3) is 5.91 Å². The van der Waals surface area contributed by atoms with Gasteiger partial charge in [0.1, 0.15) is 23.9 Å². The molecule has 0 radical (unpaired) electrons. The SMILES string of the molecule is N#C/C(=C/NCC(=O)O)C(=O)Nc1ccccc1O. The number of phenolic OH excluding ortho intramolecular Hbond substituents is 1. The molecule has 0 aliphatic carbocycles. The standard InChI is InChI=1S/C12H11N3O4/c13-5-8(6-14-7-11(17)18)12(19)15-9-3-1-2-4-10(9)16/h1-4,6,14,16H,7H2,(H,15,19)(H,17,18)/b8-6-. The summed E-state index contributed by atoms with van der Waals surface area (Å²) < 4.78 is 0. The van der Waals surface area contributed by atoms with Crippen LogP contribution >= 0.6 is 0 Å². The smallest absolute Gasteiger partial charge is 0.322 e. The van der Waals surface area contributed by atoms with Crippen LogP contribution in [-0.2, 0) is 9.59 Å². The number of phenols is 1. The number of carbonyl (C=O) groups excluding carboxylic acids is 1. The van der Waals surface area contributed by atoms with E-state index in [0.29, 0.717) is 0 Å². The van der Waals surface area contributed by atoms with Gasteiger partial charge in [-0.25, -0.2) is 0 Å². The van der Waals surface area contributed by atoms with Gasteiger partial charge in [-0.3, -0.25) is 9.59 Å². The minimum Gasteiger partial charge on any atom is -0.506 e. The third kappa shape index (κ3) is 4.40. The molecule has 7 heteroatoms. The Balaban J connectivity index is 2.73. The monoisotopic (exact) mass is 261 g/mol. The molecule has 0 aliphatic rings. The predicted octanol–water partition coefficient (Wildman–Crippen LogP) is 0.412. The number of anilines is 1.